The molecule has 0 amide bonds. The standard InChI is InChI=1S/C8H7BrO3/c1-4-2-5(8(11)12)7(9)6(10)3-4/h2-3,10H,1H3,(H,11,12). The first-order valence-electron chi connectivity index (χ1n) is 3.25. The molecule has 0 unspecified atom stereocenters. The summed E-state index contributed by atoms with van der Waals surface area (Å²) in [6, 6.07) is 2.99. The highest BCUT2D eigenvalue weighted by molar-refractivity contribution is 9.10. The number of phenolic OH excluding ortho intramolecular Hbond substituents is 1. The molecule has 0 aromatic heterocycles. The molecule has 0 fully saturated rings. The number of aryl methyl sites for hydroxylation is 1. The highest BCUT2D eigenvalue weighted by Crippen LogP contribution is 2.28. The minimum absolute atomic E-state index is 0.0487. The van der Waals surface area contributed by atoms with Crippen molar-refractivity contribution in [2.24, 2.45) is 0 Å². The first kappa shape index (κ1) is 9.06. The fourth-order valence-electron chi connectivity index (χ4n) is 0.905. The summed E-state index contributed by atoms with van der Waals surface area (Å²) in [5, 5.41) is 17.9. The van der Waals surface area contributed by atoms with Crippen LogP contribution in [-0.4, -0.2) is 16.2 Å². The number of halogens is 1. The van der Waals surface area contributed by atoms with Crippen molar-refractivity contribution < 1.29 is 15.0 Å². The van der Waals surface area contributed by atoms with E-state index in [4.69, 9.17) is 5.11 Å². The van der Waals surface area contributed by atoms with Gasteiger partial charge < -0.3 is 10.2 Å². The molecular weight excluding hydrogens is 224 g/mol. The molecule has 4 heteroatoms. The lowest BCUT2D eigenvalue weighted by atomic mass is 10.1. The van der Waals surface area contributed by atoms with Crippen molar-refractivity contribution in [3.63, 3.8) is 0 Å². The van der Waals surface area contributed by atoms with Crippen LogP contribution in [0.15, 0.2) is 16.6 Å². The predicted octanol–water partition coefficient (Wildman–Crippen LogP) is 2.16. The van der Waals surface area contributed by atoms with Crippen LogP contribution in [0, 0.1) is 6.92 Å². The van der Waals surface area contributed by atoms with Gasteiger partial charge in [-0.15, -0.1) is 0 Å². The number of hydrogen-bond acceptors (Lipinski definition) is 2. The first-order chi connectivity index (χ1) is 5.52. The highest BCUT2D eigenvalue weighted by Gasteiger charge is 2.11. The predicted molar refractivity (Wildman–Crippen MR) is 47.5 cm³/mol. The molecule has 0 radical (unpaired) electrons. The Morgan fingerprint density at radius 2 is 2.08 bits per heavy atom. The Morgan fingerprint density at radius 3 is 2.58 bits per heavy atom. The Morgan fingerprint density at radius 1 is 1.50 bits per heavy atom. The fraction of sp³-hybridized carbons (Fsp3) is 0.125. The van der Waals surface area contributed by atoms with E-state index in [1.165, 1.54) is 12.1 Å². The zero-order chi connectivity index (χ0) is 9.30. The Kier molecular flexibility index (Phi) is 2.38. The summed E-state index contributed by atoms with van der Waals surface area (Å²) >= 11 is 2.98. The van der Waals surface area contributed by atoms with Crippen LogP contribution in [0.2, 0.25) is 0 Å². The van der Waals surface area contributed by atoms with Crippen molar-refractivity contribution in [1.29, 1.82) is 0 Å². The van der Waals surface area contributed by atoms with Gasteiger partial charge in [0.1, 0.15) is 5.75 Å². The van der Waals surface area contributed by atoms with Crippen molar-refractivity contribution in [3.8, 4) is 5.75 Å². The van der Waals surface area contributed by atoms with Gasteiger partial charge in [0.2, 0.25) is 0 Å². The third-order valence-corrected chi connectivity index (χ3v) is 2.26. The van der Waals surface area contributed by atoms with E-state index in [9.17, 15) is 9.90 Å². The summed E-state index contributed by atoms with van der Waals surface area (Å²) < 4.78 is 0.223. The molecule has 12 heavy (non-hydrogen) atoms. The number of carboxylic acids is 1. The Hall–Kier alpha value is -1.03. The summed E-state index contributed by atoms with van der Waals surface area (Å²) in [4.78, 5) is 10.6. The van der Waals surface area contributed by atoms with Gasteiger partial charge in [0.05, 0.1) is 10.0 Å². The zero-order valence-electron chi connectivity index (χ0n) is 6.34. The number of phenols is 1. The van der Waals surface area contributed by atoms with Crippen molar-refractivity contribution >= 4 is 21.9 Å². The maximum absolute atomic E-state index is 10.6. The van der Waals surface area contributed by atoms with E-state index in [1.807, 2.05) is 0 Å². The summed E-state index contributed by atoms with van der Waals surface area (Å²) in [5.74, 6) is -1.10. The van der Waals surface area contributed by atoms with Gasteiger partial charge in [-0.05, 0) is 40.5 Å². The number of rotatable bonds is 1. The molecule has 0 spiro atoms. The normalized spacial score (nSPS) is 9.83. The number of aromatic hydroxyl groups is 1. The van der Waals surface area contributed by atoms with Crippen LogP contribution in [0.4, 0.5) is 0 Å². The topological polar surface area (TPSA) is 57.5 Å². The molecule has 0 atom stereocenters. The van der Waals surface area contributed by atoms with Crippen LogP contribution in [-0.2, 0) is 0 Å². The summed E-state index contributed by atoms with van der Waals surface area (Å²) in [7, 11) is 0. The molecule has 0 bridgehead atoms. The molecule has 0 aliphatic heterocycles. The lowest BCUT2D eigenvalue weighted by molar-refractivity contribution is 0.0695. The van der Waals surface area contributed by atoms with Crippen molar-refractivity contribution in [3.05, 3.63) is 27.7 Å². The first-order valence-corrected chi connectivity index (χ1v) is 4.04. The lowest BCUT2D eigenvalue weighted by Gasteiger charge is -2.02. The van der Waals surface area contributed by atoms with Gasteiger partial charge in [-0.25, -0.2) is 4.79 Å². The minimum atomic E-state index is -1.05. The molecule has 1 rings (SSSR count). The number of aromatic carboxylic acids is 1. The van der Waals surface area contributed by atoms with Gasteiger partial charge in [0.15, 0.2) is 0 Å². The number of carbonyl (C=O) groups is 1. The van der Waals surface area contributed by atoms with Crippen LogP contribution < -0.4 is 0 Å². The van der Waals surface area contributed by atoms with Crippen LogP contribution in [0.3, 0.4) is 0 Å². The highest BCUT2D eigenvalue weighted by atomic mass is 79.9. The van der Waals surface area contributed by atoms with Crippen molar-refractivity contribution in [2.75, 3.05) is 0 Å². The minimum Gasteiger partial charge on any atom is -0.507 e. The van der Waals surface area contributed by atoms with Gasteiger partial charge in [-0.3, -0.25) is 0 Å². The lowest BCUT2D eigenvalue weighted by Crippen LogP contribution is -1.98. The van der Waals surface area contributed by atoms with Gasteiger partial charge in [-0.1, -0.05) is 0 Å². The molecule has 1 aromatic carbocycles. The quantitative estimate of drug-likeness (QED) is 0.778. The molecule has 2 N–H and O–H groups in total. The maximum Gasteiger partial charge on any atom is 0.336 e. The number of hydrogen-bond donors (Lipinski definition) is 2. The molecule has 0 aliphatic rings. The molecule has 0 saturated heterocycles. The van der Waals surface area contributed by atoms with Crippen molar-refractivity contribution in [1.82, 2.24) is 0 Å². The van der Waals surface area contributed by atoms with Gasteiger partial charge in [0, 0.05) is 0 Å². The Balaban J connectivity index is 3.37. The Labute approximate surface area is 77.8 Å². The summed E-state index contributed by atoms with van der Waals surface area (Å²) in [6.45, 7) is 1.72. The second-order valence-corrected chi connectivity index (χ2v) is 3.24. The second-order valence-electron chi connectivity index (χ2n) is 2.45. The fourth-order valence-corrected chi connectivity index (χ4v) is 1.30. The van der Waals surface area contributed by atoms with E-state index in [1.54, 1.807) is 6.92 Å². The monoisotopic (exact) mass is 230 g/mol. The van der Waals surface area contributed by atoms with E-state index in [0.29, 0.717) is 5.56 Å². The third-order valence-electron chi connectivity index (χ3n) is 1.43. The van der Waals surface area contributed by atoms with E-state index in [2.05, 4.69) is 15.9 Å². The van der Waals surface area contributed by atoms with E-state index < -0.39 is 5.97 Å². The van der Waals surface area contributed by atoms with E-state index >= 15 is 0 Å². The SMILES string of the molecule is Cc1cc(O)c(Br)c(C(=O)O)c1. The maximum atomic E-state index is 10.6. The van der Waals surface area contributed by atoms with Gasteiger partial charge >= 0.3 is 5.97 Å². The molecular formula is C8H7BrO3. The summed E-state index contributed by atoms with van der Waals surface area (Å²) in [5.41, 5.74) is 0.792. The number of benzene rings is 1. The molecule has 3 nitrogen and oxygen atoms in total. The molecule has 64 valence electrons. The van der Waals surface area contributed by atoms with Crippen LogP contribution >= 0.6 is 15.9 Å². The molecule has 0 heterocycles. The average molecular weight is 231 g/mol. The van der Waals surface area contributed by atoms with Crippen LogP contribution in [0.1, 0.15) is 15.9 Å². The number of carboxylic acid groups (broad SMARTS) is 1. The molecule has 1 aromatic rings. The average Bonchev–Trinajstić information content (AvgIpc) is 1.96. The summed E-state index contributed by atoms with van der Waals surface area (Å²) in [6.07, 6.45) is 0. The van der Waals surface area contributed by atoms with Gasteiger partial charge in [-0.2, -0.15) is 0 Å². The smallest absolute Gasteiger partial charge is 0.336 e. The third kappa shape index (κ3) is 1.58. The van der Waals surface area contributed by atoms with E-state index in [-0.39, 0.29) is 15.8 Å². The zero-order valence-corrected chi connectivity index (χ0v) is 7.92. The molecule has 0 saturated carbocycles. The Bertz CT molecular complexity index is 333. The molecule has 0 aliphatic carbocycles. The van der Waals surface area contributed by atoms with Crippen molar-refractivity contribution in [2.45, 2.75) is 6.92 Å². The largest absolute Gasteiger partial charge is 0.507 e. The van der Waals surface area contributed by atoms with E-state index in [0.717, 1.165) is 0 Å². The van der Waals surface area contributed by atoms with Crippen LogP contribution in [0.5, 0.6) is 5.75 Å². The second kappa shape index (κ2) is 3.15. The van der Waals surface area contributed by atoms with Gasteiger partial charge in [0.25, 0.3) is 0 Å². The van der Waals surface area contributed by atoms with Crippen LogP contribution in [0.25, 0.3) is 0 Å².